The van der Waals surface area contributed by atoms with Gasteiger partial charge in [-0.2, -0.15) is 0 Å². The summed E-state index contributed by atoms with van der Waals surface area (Å²) in [6, 6.07) is 5.65. The standard InChI is InChI=1S/C15H25N3O4.HI/c1-19-8-9-22-7-6-17-15(16)18-11-12-4-5-13(20-2)14(10-12)21-3;/h4-5,10H,6-9,11H2,1-3H3,(H3,16,17,18);1H. The third kappa shape index (κ3) is 8.82. The Morgan fingerprint density at radius 1 is 1.09 bits per heavy atom. The van der Waals surface area contributed by atoms with Crippen LogP contribution >= 0.6 is 24.0 Å². The summed E-state index contributed by atoms with van der Waals surface area (Å²) in [6.45, 7) is 2.77. The van der Waals surface area contributed by atoms with E-state index in [4.69, 9.17) is 24.7 Å². The maximum absolute atomic E-state index is 5.79. The highest BCUT2D eigenvalue weighted by Gasteiger charge is 2.04. The Balaban J connectivity index is 0.00000484. The zero-order chi connectivity index (χ0) is 16.2. The molecule has 7 nitrogen and oxygen atoms in total. The number of aliphatic imine (C=N–C) groups is 1. The second-order valence-corrected chi connectivity index (χ2v) is 4.42. The number of ether oxygens (including phenoxy) is 4. The molecule has 0 atom stereocenters. The van der Waals surface area contributed by atoms with Gasteiger partial charge in [-0.3, -0.25) is 0 Å². The summed E-state index contributed by atoms with van der Waals surface area (Å²) in [5, 5.41) is 2.99. The molecule has 0 aromatic heterocycles. The topological polar surface area (TPSA) is 87.3 Å². The molecule has 0 aliphatic carbocycles. The Bertz CT molecular complexity index is 472. The monoisotopic (exact) mass is 439 g/mol. The van der Waals surface area contributed by atoms with Crippen molar-refractivity contribution in [2.45, 2.75) is 6.54 Å². The highest BCUT2D eigenvalue weighted by molar-refractivity contribution is 14.0. The van der Waals surface area contributed by atoms with Gasteiger partial charge < -0.3 is 30.0 Å². The second-order valence-electron chi connectivity index (χ2n) is 4.42. The van der Waals surface area contributed by atoms with Crippen molar-refractivity contribution in [2.24, 2.45) is 10.7 Å². The number of nitrogens with zero attached hydrogens (tertiary/aromatic N) is 1. The summed E-state index contributed by atoms with van der Waals surface area (Å²) >= 11 is 0. The first-order valence-electron chi connectivity index (χ1n) is 7.02. The molecule has 0 radical (unpaired) electrons. The summed E-state index contributed by atoms with van der Waals surface area (Å²) < 4.78 is 20.6. The van der Waals surface area contributed by atoms with Crippen molar-refractivity contribution < 1.29 is 18.9 Å². The van der Waals surface area contributed by atoms with Crippen molar-refractivity contribution >= 4 is 29.9 Å². The Morgan fingerprint density at radius 3 is 2.48 bits per heavy atom. The third-order valence-electron chi connectivity index (χ3n) is 2.86. The molecule has 1 aromatic carbocycles. The summed E-state index contributed by atoms with van der Waals surface area (Å²) in [5.41, 5.74) is 6.78. The Labute approximate surface area is 154 Å². The highest BCUT2D eigenvalue weighted by atomic mass is 127. The van der Waals surface area contributed by atoms with E-state index in [9.17, 15) is 0 Å². The molecule has 0 amide bonds. The van der Waals surface area contributed by atoms with Crippen molar-refractivity contribution in [3.05, 3.63) is 23.8 Å². The predicted molar refractivity (Wildman–Crippen MR) is 101 cm³/mol. The molecule has 0 saturated heterocycles. The lowest BCUT2D eigenvalue weighted by Crippen LogP contribution is -2.34. The molecule has 3 N–H and O–H groups in total. The van der Waals surface area contributed by atoms with Crippen molar-refractivity contribution in [1.29, 1.82) is 0 Å². The van der Waals surface area contributed by atoms with E-state index < -0.39 is 0 Å². The fourth-order valence-corrected chi connectivity index (χ4v) is 1.71. The number of hydrogen-bond acceptors (Lipinski definition) is 5. The van der Waals surface area contributed by atoms with Crippen LogP contribution in [0.2, 0.25) is 0 Å². The van der Waals surface area contributed by atoms with Gasteiger partial charge in [0.25, 0.3) is 0 Å². The molecule has 0 saturated carbocycles. The van der Waals surface area contributed by atoms with Gasteiger partial charge in [0.2, 0.25) is 0 Å². The molecule has 23 heavy (non-hydrogen) atoms. The lowest BCUT2D eigenvalue weighted by molar-refractivity contribution is 0.0734. The molecule has 1 rings (SSSR count). The molecule has 8 heteroatoms. The van der Waals surface area contributed by atoms with Gasteiger partial charge in [-0.25, -0.2) is 4.99 Å². The Hall–Kier alpha value is -1.26. The van der Waals surface area contributed by atoms with Gasteiger partial charge in [0.1, 0.15) is 0 Å². The maximum atomic E-state index is 5.79. The van der Waals surface area contributed by atoms with Crippen molar-refractivity contribution in [2.75, 3.05) is 47.7 Å². The van der Waals surface area contributed by atoms with Crippen LogP contribution in [-0.2, 0) is 16.0 Å². The molecule has 1 aromatic rings. The van der Waals surface area contributed by atoms with Crippen LogP contribution < -0.4 is 20.5 Å². The van der Waals surface area contributed by atoms with Gasteiger partial charge >= 0.3 is 0 Å². The van der Waals surface area contributed by atoms with Crippen LogP contribution in [0.4, 0.5) is 0 Å². The van der Waals surface area contributed by atoms with Gasteiger partial charge in [-0.05, 0) is 17.7 Å². The lowest BCUT2D eigenvalue weighted by atomic mass is 10.2. The van der Waals surface area contributed by atoms with Gasteiger partial charge in [0.15, 0.2) is 17.5 Å². The second kappa shape index (κ2) is 13.2. The largest absolute Gasteiger partial charge is 0.493 e. The zero-order valence-electron chi connectivity index (χ0n) is 13.8. The first kappa shape index (κ1) is 21.7. The van der Waals surface area contributed by atoms with E-state index in [1.54, 1.807) is 21.3 Å². The molecule has 0 fully saturated rings. The average molecular weight is 439 g/mol. The molecule has 0 aliphatic heterocycles. The van der Waals surface area contributed by atoms with E-state index in [-0.39, 0.29) is 24.0 Å². The first-order valence-corrected chi connectivity index (χ1v) is 7.02. The van der Waals surface area contributed by atoms with Gasteiger partial charge in [0.05, 0.1) is 40.6 Å². The van der Waals surface area contributed by atoms with Crippen LogP contribution in [0.5, 0.6) is 11.5 Å². The van der Waals surface area contributed by atoms with E-state index in [0.29, 0.717) is 50.4 Å². The van der Waals surface area contributed by atoms with Crippen LogP contribution in [0.15, 0.2) is 23.2 Å². The number of methoxy groups -OCH3 is 3. The van der Waals surface area contributed by atoms with E-state index in [0.717, 1.165) is 5.56 Å². The highest BCUT2D eigenvalue weighted by Crippen LogP contribution is 2.27. The molecule has 132 valence electrons. The number of benzene rings is 1. The number of hydrogen-bond donors (Lipinski definition) is 2. The van der Waals surface area contributed by atoms with Gasteiger partial charge in [-0.1, -0.05) is 6.07 Å². The molecular weight excluding hydrogens is 413 g/mol. The predicted octanol–water partition coefficient (Wildman–Crippen LogP) is 1.39. The number of halogens is 1. The van der Waals surface area contributed by atoms with Crippen LogP contribution in [-0.4, -0.2) is 53.7 Å². The minimum atomic E-state index is 0. The molecular formula is C15H26IN3O4. The normalized spacial score (nSPS) is 10.8. The summed E-state index contributed by atoms with van der Waals surface area (Å²) in [7, 11) is 4.84. The molecule has 0 unspecified atom stereocenters. The summed E-state index contributed by atoms with van der Waals surface area (Å²) in [4.78, 5) is 4.27. The summed E-state index contributed by atoms with van der Waals surface area (Å²) in [5.74, 6) is 1.74. The number of guanidine groups is 1. The van der Waals surface area contributed by atoms with Crippen LogP contribution in [0.3, 0.4) is 0 Å². The van der Waals surface area contributed by atoms with Crippen LogP contribution in [0.25, 0.3) is 0 Å². The SMILES string of the molecule is COCCOCCNC(N)=NCc1ccc(OC)c(OC)c1.I. The summed E-state index contributed by atoms with van der Waals surface area (Å²) in [6.07, 6.45) is 0. The number of nitrogens with one attached hydrogen (secondary N) is 1. The molecule has 0 heterocycles. The number of rotatable bonds is 10. The Kier molecular flexibility index (Phi) is 12.5. The van der Waals surface area contributed by atoms with E-state index >= 15 is 0 Å². The molecule has 0 aliphatic rings. The van der Waals surface area contributed by atoms with Crippen molar-refractivity contribution in [3.63, 3.8) is 0 Å². The molecule has 0 spiro atoms. The van der Waals surface area contributed by atoms with Crippen LogP contribution in [0, 0.1) is 0 Å². The lowest BCUT2D eigenvalue weighted by Gasteiger charge is -2.09. The maximum Gasteiger partial charge on any atom is 0.188 e. The Morgan fingerprint density at radius 2 is 1.83 bits per heavy atom. The van der Waals surface area contributed by atoms with Gasteiger partial charge in [0, 0.05) is 13.7 Å². The van der Waals surface area contributed by atoms with E-state index in [1.165, 1.54) is 0 Å². The zero-order valence-corrected chi connectivity index (χ0v) is 16.2. The van der Waals surface area contributed by atoms with Gasteiger partial charge in [-0.15, -0.1) is 24.0 Å². The minimum absolute atomic E-state index is 0. The first-order chi connectivity index (χ1) is 10.7. The average Bonchev–Trinajstić information content (AvgIpc) is 2.55. The van der Waals surface area contributed by atoms with Crippen LogP contribution in [0.1, 0.15) is 5.56 Å². The fraction of sp³-hybridized carbons (Fsp3) is 0.533. The fourth-order valence-electron chi connectivity index (χ4n) is 1.71. The van der Waals surface area contributed by atoms with Crippen molar-refractivity contribution in [1.82, 2.24) is 5.32 Å². The quantitative estimate of drug-likeness (QED) is 0.248. The molecule has 0 bridgehead atoms. The minimum Gasteiger partial charge on any atom is -0.493 e. The smallest absolute Gasteiger partial charge is 0.188 e. The third-order valence-corrected chi connectivity index (χ3v) is 2.86. The van der Waals surface area contributed by atoms with Crippen molar-refractivity contribution in [3.8, 4) is 11.5 Å². The number of nitrogens with two attached hydrogens (primary N) is 1. The van der Waals surface area contributed by atoms with E-state index in [2.05, 4.69) is 10.3 Å². The van der Waals surface area contributed by atoms with E-state index in [1.807, 2.05) is 18.2 Å².